The Bertz CT molecular complexity index is 897. The average molecular weight is 384 g/mol. The Labute approximate surface area is 160 Å². The smallest absolute Gasteiger partial charge is 0.434 e. The van der Waals surface area contributed by atoms with E-state index in [0.29, 0.717) is 0 Å². The molecular formula is C20H16O8. The molecule has 2 aromatic carbocycles. The van der Waals surface area contributed by atoms with Crippen molar-refractivity contribution in [3.63, 3.8) is 0 Å². The first kappa shape index (κ1) is 19.1. The molecule has 144 valence electrons. The molecule has 3 rings (SSSR count). The van der Waals surface area contributed by atoms with Crippen molar-refractivity contribution in [1.29, 1.82) is 0 Å². The molecule has 0 N–H and O–H groups in total. The summed E-state index contributed by atoms with van der Waals surface area (Å²) in [6.07, 6.45) is -1.97. The van der Waals surface area contributed by atoms with Gasteiger partial charge in [0.25, 0.3) is 0 Å². The number of fused-ring (bicyclic) bond motifs is 2. The fourth-order valence-electron chi connectivity index (χ4n) is 2.82. The lowest BCUT2D eigenvalue weighted by Crippen LogP contribution is -2.24. The first-order valence-electron chi connectivity index (χ1n) is 8.52. The molecule has 0 unspecified atom stereocenters. The lowest BCUT2D eigenvalue weighted by Gasteiger charge is -2.21. The van der Waals surface area contributed by atoms with Crippen LogP contribution in [0.5, 0.6) is 11.5 Å². The van der Waals surface area contributed by atoms with Gasteiger partial charge in [-0.05, 0) is 26.0 Å². The van der Waals surface area contributed by atoms with E-state index in [4.69, 9.17) is 18.9 Å². The van der Waals surface area contributed by atoms with E-state index < -0.39 is 23.9 Å². The topological polar surface area (TPSA) is 105 Å². The van der Waals surface area contributed by atoms with Crippen molar-refractivity contribution < 1.29 is 38.1 Å². The molecule has 28 heavy (non-hydrogen) atoms. The number of ether oxygens (including phenoxy) is 4. The predicted molar refractivity (Wildman–Crippen MR) is 95.0 cm³/mol. The van der Waals surface area contributed by atoms with E-state index in [-0.39, 0.29) is 47.0 Å². The zero-order chi connectivity index (χ0) is 20.3. The van der Waals surface area contributed by atoms with Crippen molar-refractivity contribution in [2.45, 2.75) is 13.8 Å². The second-order valence-electron chi connectivity index (χ2n) is 5.59. The third-order valence-corrected chi connectivity index (χ3v) is 3.91. The SMILES string of the molecule is CCOC(=O)Oc1cccc2c1C(=O)c1cccc(OC(=O)OCC)c1C2=O. The molecule has 0 spiro atoms. The van der Waals surface area contributed by atoms with Gasteiger partial charge in [-0.25, -0.2) is 9.59 Å². The molecule has 8 nitrogen and oxygen atoms in total. The van der Waals surface area contributed by atoms with Crippen molar-refractivity contribution in [1.82, 2.24) is 0 Å². The molecule has 0 bridgehead atoms. The van der Waals surface area contributed by atoms with Gasteiger partial charge in [0.1, 0.15) is 11.5 Å². The highest BCUT2D eigenvalue weighted by Gasteiger charge is 2.35. The summed E-state index contributed by atoms with van der Waals surface area (Å²) in [7, 11) is 0. The average Bonchev–Trinajstić information content (AvgIpc) is 2.66. The first-order chi connectivity index (χ1) is 13.5. The highest BCUT2D eigenvalue weighted by atomic mass is 16.7. The van der Waals surface area contributed by atoms with Gasteiger partial charge < -0.3 is 18.9 Å². The van der Waals surface area contributed by atoms with Gasteiger partial charge in [0, 0.05) is 11.1 Å². The van der Waals surface area contributed by atoms with Crippen molar-refractivity contribution >= 4 is 23.9 Å². The maximum absolute atomic E-state index is 13.0. The van der Waals surface area contributed by atoms with Crippen LogP contribution in [0.4, 0.5) is 9.59 Å². The van der Waals surface area contributed by atoms with Crippen LogP contribution in [0.2, 0.25) is 0 Å². The first-order valence-corrected chi connectivity index (χ1v) is 8.52. The van der Waals surface area contributed by atoms with Crippen LogP contribution in [0.3, 0.4) is 0 Å². The summed E-state index contributed by atoms with van der Waals surface area (Å²) in [6.45, 7) is 3.41. The maximum atomic E-state index is 13.0. The molecule has 0 aromatic heterocycles. The van der Waals surface area contributed by atoms with E-state index in [2.05, 4.69) is 0 Å². The van der Waals surface area contributed by atoms with E-state index in [1.165, 1.54) is 36.4 Å². The zero-order valence-electron chi connectivity index (χ0n) is 15.1. The molecule has 1 aliphatic carbocycles. The number of ketones is 2. The van der Waals surface area contributed by atoms with Gasteiger partial charge in [0.05, 0.1) is 24.3 Å². The van der Waals surface area contributed by atoms with Crippen LogP contribution < -0.4 is 9.47 Å². The summed E-state index contributed by atoms with van der Waals surface area (Å²) in [6, 6.07) is 8.59. The second-order valence-corrected chi connectivity index (χ2v) is 5.59. The minimum atomic E-state index is -0.985. The number of rotatable bonds is 4. The van der Waals surface area contributed by atoms with Crippen LogP contribution in [0.15, 0.2) is 36.4 Å². The van der Waals surface area contributed by atoms with Gasteiger partial charge in [0.2, 0.25) is 0 Å². The monoisotopic (exact) mass is 384 g/mol. The summed E-state index contributed by atoms with van der Waals surface area (Å²) < 4.78 is 19.6. The van der Waals surface area contributed by atoms with Gasteiger partial charge in [-0.3, -0.25) is 9.59 Å². The molecular weight excluding hydrogens is 368 g/mol. The zero-order valence-corrected chi connectivity index (χ0v) is 15.1. The van der Waals surface area contributed by atoms with Crippen LogP contribution in [-0.4, -0.2) is 37.1 Å². The summed E-state index contributed by atoms with van der Waals surface area (Å²) >= 11 is 0. The minimum Gasteiger partial charge on any atom is -0.434 e. The van der Waals surface area contributed by atoms with E-state index in [1.807, 2.05) is 0 Å². The quantitative estimate of drug-likeness (QED) is 0.497. The highest BCUT2D eigenvalue weighted by molar-refractivity contribution is 6.30. The normalized spacial score (nSPS) is 11.9. The standard InChI is InChI=1S/C20H16O8/c1-3-25-19(23)27-13-9-5-7-11-15(13)17(21)12-8-6-10-14(16(12)18(11)22)28-20(24)26-4-2/h5-10H,3-4H2,1-2H3. The van der Waals surface area contributed by atoms with Gasteiger partial charge >= 0.3 is 12.3 Å². The van der Waals surface area contributed by atoms with Crippen LogP contribution in [0, 0.1) is 0 Å². The largest absolute Gasteiger partial charge is 0.513 e. The van der Waals surface area contributed by atoms with E-state index in [1.54, 1.807) is 13.8 Å². The minimum absolute atomic E-state index is 0.0270. The Morgan fingerprint density at radius 3 is 1.46 bits per heavy atom. The molecule has 0 aliphatic heterocycles. The molecule has 2 aromatic rings. The number of carbonyl (C=O) groups excluding carboxylic acids is 4. The van der Waals surface area contributed by atoms with Crippen molar-refractivity contribution in [2.75, 3.05) is 13.2 Å². The Morgan fingerprint density at radius 1 is 0.714 bits per heavy atom. The van der Waals surface area contributed by atoms with Crippen LogP contribution in [-0.2, 0) is 9.47 Å². The van der Waals surface area contributed by atoms with E-state index in [0.717, 1.165) is 0 Å². The van der Waals surface area contributed by atoms with E-state index in [9.17, 15) is 19.2 Å². The summed E-state index contributed by atoms with van der Waals surface area (Å²) in [5, 5.41) is 0. The third-order valence-electron chi connectivity index (χ3n) is 3.91. The Hall–Kier alpha value is -3.68. The molecule has 0 heterocycles. The fraction of sp³-hybridized carbons (Fsp3) is 0.200. The maximum Gasteiger partial charge on any atom is 0.513 e. The Kier molecular flexibility index (Phi) is 5.39. The Morgan fingerprint density at radius 2 is 1.11 bits per heavy atom. The van der Waals surface area contributed by atoms with Crippen molar-refractivity contribution in [2.24, 2.45) is 0 Å². The van der Waals surface area contributed by atoms with Crippen molar-refractivity contribution in [3.05, 3.63) is 58.7 Å². The fourth-order valence-corrected chi connectivity index (χ4v) is 2.82. The lowest BCUT2D eigenvalue weighted by atomic mass is 9.83. The summed E-state index contributed by atoms with van der Waals surface area (Å²) in [4.78, 5) is 49.4. The second kappa shape index (κ2) is 7.91. The molecule has 0 radical (unpaired) electrons. The number of hydrogen-bond donors (Lipinski definition) is 0. The Balaban J connectivity index is 2.06. The molecule has 8 heteroatoms. The number of benzene rings is 2. The summed E-state index contributed by atoms with van der Waals surface area (Å²) in [5.41, 5.74) is -0.0545. The predicted octanol–water partition coefficient (Wildman–Crippen LogP) is 3.53. The van der Waals surface area contributed by atoms with Crippen LogP contribution in [0.25, 0.3) is 0 Å². The van der Waals surface area contributed by atoms with Crippen LogP contribution >= 0.6 is 0 Å². The molecule has 0 fully saturated rings. The van der Waals surface area contributed by atoms with Gasteiger partial charge in [0.15, 0.2) is 11.6 Å². The van der Waals surface area contributed by atoms with Gasteiger partial charge in [-0.15, -0.1) is 0 Å². The van der Waals surface area contributed by atoms with Crippen LogP contribution in [0.1, 0.15) is 45.7 Å². The summed E-state index contributed by atoms with van der Waals surface area (Å²) in [5.74, 6) is -1.26. The van der Waals surface area contributed by atoms with E-state index >= 15 is 0 Å². The molecule has 0 amide bonds. The van der Waals surface area contributed by atoms with Crippen molar-refractivity contribution in [3.8, 4) is 11.5 Å². The molecule has 1 aliphatic rings. The van der Waals surface area contributed by atoms with Gasteiger partial charge in [-0.1, -0.05) is 24.3 Å². The highest BCUT2D eigenvalue weighted by Crippen LogP contribution is 2.37. The third kappa shape index (κ3) is 3.44. The molecule has 0 atom stereocenters. The van der Waals surface area contributed by atoms with Gasteiger partial charge in [-0.2, -0.15) is 0 Å². The number of carbonyl (C=O) groups is 4. The molecule has 0 saturated heterocycles. The molecule has 0 saturated carbocycles. The number of hydrogen-bond acceptors (Lipinski definition) is 8. The lowest BCUT2D eigenvalue weighted by molar-refractivity contribution is 0.0939.